The first-order chi connectivity index (χ1) is 5.99. The number of terminal acetylenes is 1. The van der Waals surface area contributed by atoms with Gasteiger partial charge in [0, 0.05) is 0 Å². The molecule has 13 heavy (non-hydrogen) atoms. The molecule has 0 aromatic rings. The molecule has 0 aliphatic rings. The first-order valence-corrected chi connectivity index (χ1v) is 4.83. The van der Waals surface area contributed by atoms with Crippen molar-refractivity contribution in [3.8, 4) is 12.3 Å². The highest BCUT2D eigenvalue weighted by Crippen LogP contribution is 2.06. The zero-order valence-corrected chi connectivity index (χ0v) is 9.18. The Hall–Kier alpha value is -0.520. The quantitative estimate of drug-likeness (QED) is 0.656. The van der Waals surface area contributed by atoms with Gasteiger partial charge >= 0.3 is 0 Å². The van der Waals surface area contributed by atoms with Gasteiger partial charge in [0.15, 0.2) is 0 Å². The average molecular weight is 183 g/mol. The van der Waals surface area contributed by atoms with Gasteiger partial charge in [-0.1, -0.05) is 12.8 Å². The molecule has 0 heterocycles. The van der Waals surface area contributed by atoms with Crippen molar-refractivity contribution >= 4 is 0 Å². The Balaban J connectivity index is 3.68. The van der Waals surface area contributed by atoms with Gasteiger partial charge in [0.25, 0.3) is 0 Å². The summed E-state index contributed by atoms with van der Waals surface area (Å²) in [5.74, 6) is 2.67. The third-order valence-corrected chi connectivity index (χ3v) is 1.52. The van der Waals surface area contributed by atoms with E-state index in [1.807, 2.05) is 20.8 Å². The maximum Gasteiger partial charge on any atom is 0.0924 e. The second kappa shape index (κ2) is 6.01. The maximum atomic E-state index is 5.57. The van der Waals surface area contributed by atoms with Crippen molar-refractivity contribution in [1.29, 1.82) is 0 Å². The Kier molecular flexibility index (Phi) is 5.77. The fraction of sp³-hybridized carbons (Fsp3) is 0.818. The number of hydrogen-bond acceptors (Lipinski definition) is 2. The molecule has 1 N–H and O–H groups in total. The second-order valence-corrected chi connectivity index (χ2v) is 4.10. The number of ether oxygens (including phenoxy) is 1. The molecule has 2 nitrogen and oxygen atoms in total. The van der Waals surface area contributed by atoms with Crippen LogP contribution in [0.3, 0.4) is 0 Å². The molecule has 0 saturated heterocycles. The van der Waals surface area contributed by atoms with Crippen LogP contribution in [0.1, 0.15) is 34.1 Å². The van der Waals surface area contributed by atoms with Gasteiger partial charge in [-0.3, -0.25) is 0 Å². The molecule has 0 bridgehead atoms. The lowest BCUT2D eigenvalue weighted by molar-refractivity contribution is -0.00783. The van der Waals surface area contributed by atoms with Crippen LogP contribution in [0.25, 0.3) is 0 Å². The molecular formula is C11H21NO. The predicted molar refractivity (Wildman–Crippen MR) is 56.6 cm³/mol. The first-order valence-electron chi connectivity index (χ1n) is 4.83. The van der Waals surface area contributed by atoms with E-state index in [2.05, 4.69) is 18.2 Å². The van der Waals surface area contributed by atoms with E-state index in [0.29, 0.717) is 6.61 Å². The standard InChI is InChI=1S/C11H21NO/c1-6-8-12-10(7-2)9-13-11(3,4)5/h2,10,12H,6,8-9H2,1,3-5H3. The topological polar surface area (TPSA) is 21.3 Å². The second-order valence-electron chi connectivity index (χ2n) is 4.10. The molecule has 1 unspecified atom stereocenters. The van der Waals surface area contributed by atoms with Gasteiger partial charge in [0.1, 0.15) is 0 Å². The summed E-state index contributed by atoms with van der Waals surface area (Å²) in [7, 11) is 0. The minimum atomic E-state index is -0.108. The van der Waals surface area contributed by atoms with E-state index in [4.69, 9.17) is 11.2 Å². The highest BCUT2D eigenvalue weighted by molar-refractivity contribution is 4.98. The molecule has 0 radical (unpaired) electrons. The van der Waals surface area contributed by atoms with Gasteiger partial charge in [-0.15, -0.1) is 6.42 Å². The Morgan fingerprint density at radius 1 is 1.46 bits per heavy atom. The van der Waals surface area contributed by atoms with Gasteiger partial charge in [0.2, 0.25) is 0 Å². The Morgan fingerprint density at radius 2 is 2.08 bits per heavy atom. The SMILES string of the molecule is C#CC(COC(C)(C)C)NCCC. The van der Waals surface area contributed by atoms with Gasteiger partial charge in [-0.2, -0.15) is 0 Å². The fourth-order valence-electron chi connectivity index (χ4n) is 0.818. The van der Waals surface area contributed by atoms with E-state index >= 15 is 0 Å². The zero-order chi connectivity index (χ0) is 10.3. The molecule has 0 spiro atoms. The Bertz CT molecular complexity index is 164. The number of nitrogens with one attached hydrogen (secondary N) is 1. The summed E-state index contributed by atoms with van der Waals surface area (Å²) < 4.78 is 5.57. The third-order valence-electron chi connectivity index (χ3n) is 1.52. The maximum absolute atomic E-state index is 5.57. The molecular weight excluding hydrogens is 162 g/mol. The van der Waals surface area contributed by atoms with E-state index in [1.165, 1.54) is 0 Å². The molecule has 1 atom stereocenters. The van der Waals surface area contributed by atoms with E-state index in [-0.39, 0.29) is 11.6 Å². The van der Waals surface area contributed by atoms with Crippen molar-refractivity contribution in [3.63, 3.8) is 0 Å². The summed E-state index contributed by atoms with van der Waals surface area (Å²) in [5.41, 5.74) is -0.108. The van der Waals surface area contributed by atoms with E-state index in [9.17, 15) is 0 Å². The molecule has 2 heteroatoms. The molecule has 0 saturated carbocycles. The van der Waals surface area contributed by atoms with Crippen molar-refractivity contribution < 1.29 is 4.74 Å². The monoisotopic (exact) mass is 183 g/mol. The van der Waals surface area contributed by atoms with Crippen LogP contribution < -0.4 is 5.32 Å². The van der Waals surface area contributed by atoms with Gasteiger partial charge < -0.3 is 10.1 Å². The summed E-state index contributed by atoms with van der Waals surface area (Å²) in [6, 6.07) is 0.0409. The summed E-state index contributed by atoms with van der Waals surface area (Å²) in [6.07, 6.45) is 6.44. The molecule has 0 aliphatic heterocycles. The molecule has 0 amide bonds. The summed E-state index contributed by atoms with van der Waals surface area (Å²) in [5, 5.41) is 3.23. The smallest absolute Gasteiger partial charge is 0.0924 e. The lowest BCUT2D eigenvalue weighted by atomic mass is 10.2. The summed E-state index contributed by atoms with van der Waals surface area (Å²) in [6.45, 7) is 9.73. The third kappa shape index (κ3) is 7.83. The number of rotatable bonds is 5. The zero-order valence-electron chi connectivity index (χ0n) is 9.18. The van der Waals surface area contributed by atoms with Crippen molar-refractivity contribution in [2.45, 2.75) is 45.8 Å². The minimum Gasteiger partial charge on any atom is -0.373 e. The molecule has 76 valence electrons. The highest BCUT2D eigenvalue weighted by atomic mass is 16.5. The van der Waals surface area contributed by atoms with Gasteiger partial charge in [-0.05, 0) is 33.7 Å². The minimum absolute atomic E-state index is 0.0409. The first kappa shape index (κ1) is 12.5. The van der Waals surface area contributed by atoms with Crippen molar-refractivity contribution in [2.75, 3.05) is 13.2 Å². The van der Waals surface area contributed by atoms with Crippen LogP contribution in [-0.2, 0) is 4.74 Å². The van der Waals surface area contributed by atoms with Crippen LogP contribution in [0.4, 0.5) is 0 Å². The van der Waals surface area contributed by atoms with Crippen LogP contribution in [0.2, 0.25) is 0 Å². The van der Waals surface area contributed by atoms with Crippen LogP contribution in [0.5, 0.6) is 0 Å². The van der Waals surface area contributed by atoms with Crippen LogP contribution in [0.15, 0.2) is 0 Å². The molecule has 0 aromatic heterocycles. The lowest BCUT2D eigenvalue weighted by Gasteiger charge is -2.22. The number of hydrogen-bond donors (Lipinski definition) is 1. The van der Waals surface area contributed by atoms with E-state index < -0.39 is 0 Å². The van der Waals surface area contributed by atoms with E-state index in [1.54, 1.807) is 0 Å². The molecule has 0 aromatic carbocycles. The fourth-order valence-corrected chi connectivity index (χ4v) is 0.818. The lowest BCUT2D eigenvalue weighted by Crippen LogP contribution is -2.35. The van der Waals surface area contributed by atoms with E-state index in [0.717, 1.165) is 13.0 Å². The van der Waals surface area contributed by atoms with Crippen LogP contribution in [-0.4, -0.2) is 24.8 Å². The Morgan fingerprint density at radius 3 is 2.46 bits per heavy atom. The highest BCUT2D eigenvalue weighted by Gasteiger charge is 2.12. The van der Waals surface area contributed by atoms with Gasteiger partial charge in [-0.25, -0.2) is 0 Å². The predicted octanol–water partition coefficient (Wildman–Crippen LogP) is 1.80. The normalized spacial score (nSPS) is 13.8. The summed E-state index contributed by atoms with van der Waals surface area (Å²) in [4.78, 5) is 0. The average Bonchev–Trinajstić information content (AvgIpc) is 2.03. The molecule has 0 aliphatic carbocycles. The molecule has 0 fully saturated rings. The van der Waals surface area contributed by atoms with Gasteiger partial charge in [0.05, 0.1) is 18.2 Å². The molecule has 0 rings (SSSR count). The Labute approximate surface area is 82.1 Å². The summed E-state index contributed by atoms with van der Waals surface area (Å²) >= 11 is 0. The van der Waals surface area contributed by atoms with Crippen molar-refractivity contribution in [3.05, 3.63) is 0 Å². The van der Waals surface area contributed by atoms with Crippen molar-refractivity contribution in [1.82, 2.24) is 5.32 Å². The van der Waals surface area contributed by atoms with Crippen molar-refractivity contribution in [2.24, 2.45) is 0 Å². The van der Waals surface area contributed by atoms with Crippen LogP contribution >= 0.6 is 0 Å². The largest absolute Gasteiger partial charge is 0.373 e. The van der Waals surface area contributed by atoms with Crippen LogP contribution in [0, 0.1) is 12.3 Å².